The van der Waals surface area contributed by atoms with Crippen LogP contribution in [0.3, 0.4) is 0 Å². The molecule has 12 aromatic rings. The fourth-order valence-electron chi connectivity index (χ4n) is 11.3. The number of nitriles is 10. The molecule has 0 atom stereocenters. The predicted octanol–water partition coefficient (Wildman–Crippen LogP) is 16.0. The van der Waals surface area contributed by atoms with Crippen molar-refractivity contribution in [2.75, 3.05) is 0 Å². The molecule has 0 aliphatic rings. The summed E-state index contributed by atoms with van der Waals surface area (Å²) in [6, 6.07) is 68.5. The molecule has 0 aliphatic heterocycles. The largest absolute Gasteiger partial charge is 0.416 e. The van der Waals surface area contributed by atoms with Crippen LogP contribution in [0.15, 0.2) is 176 Å². The molecule has 12 rings (SSSR count). The van der Waals surface area contributed by atoms with E-state index < -0.39 is 11.7 Å². The molecule has 0 saturated carbocycles. The molecule has 10 aromatic carbocycles. The van der Waals surface area contributed by atoms with Crippen LogP contribution in [0.5, 0.6) is 0 Å². The highest BCUT2D eigenvalue weighted by Gasteiger charge is 2.32. The van der Waals surface area contributed by atoms with Gasteiger partial charge in [0.15, 0.2) is 0 Å². The molecule has 0 fully saturated rings. The number of hydrogen-bond acceptors (Lipinski definition) is 10. The zero-order valence-electron chi connectivity index (χ0n) is 44.2. The summed E-state index contributed by atoms with van der Waals surface area (Å²) in [5.74, 6) is 0. The van der Waals surface area contributed by atoms with Gasteiger partial charge in [0.25, 0.3) is 0 Å². The van der Waals surface area contributed by atoms with Crippen molar-refractivity contribution in [2.45, 2.75) is 6.18 Å². The molecule has 15 heteroatoms. The Kier molecular flexibility index (Phi) is 12.9. The van der Waals surface area contributed by atoms with Gasteiger partial charge in [0.2, 0.25) is 0 Å². The van der Waals surface area contributed by atoms with Gasteiger partial charge in [0.1, 0.15) is 11.6 Å². The van der Waals surface area contributed by atoms with Crippen molar-refractivity contribution in [2.24, 2.45) is 0 Å². The number of rotatable bonds is 7. The first kappa shape index (κ1) is 53.1. The summed E-state index contributed by atoms with van der Waals surface area (Å²) in [6.45, 7) is 0. The molecule has 0 N–H and O–H groups in total. The highest BCUT2D eigenvalue weighted by molar-refractivity contribution is 6.13. The first-order valence-corrected chi connectivity index (χ1v) is 25.9. The molecule has 0 aliphatic carbocycles. The summed E-state index contributed by atoms with van der Waals surface area (Å²) in [5.41, 5.74) is 7.19. The van der Waals surface area contributed by atoms with Gasteiger partial charge < -0.3 is 9.13 Å². The van der Waals surface area contributed by atoms with Gasteiger partial charge >= 0.3 is 6.18 Å². The smallest absolute Gasteiger partial charge is 0.308 e. The summed E-state index contributed by atoms with van der Waals surface area (Å²) in [4.78, 5) is 0. The van der Waals surface area contributed by atoms with Crippen LogP contribution in [0, 0.1) is 113 Å². The molecule has 0 unspecified atom stereocenters. The number of nitrogens with zero attached hydrogens (tertiary/aromatic N) is 12. The topological polar surface area (TPSA) is 248 Å². The van der Waals surface area contributed by atoms with Crippen LogP contribution < -0.4 is 0 Å². The van der Waals surface area contributed by atoms with Gasteiger partial charge in [-0.2, -0.15) is 65.8 Å². The number of fused-ring (bicyclic) bond motifs is 6. The van der Waals surface area contributed by atoms with E-state index >= 15 is 0 Å². The van der Waals surface area contributed by atoms with Crippen LogP contribution in [-0.2, 0) is 6.18 Å². The van der Waals surface area contributed by atoms with Crippen LogP contribution in [0.1, 0.15) is 61.2 Å². The minimum atomic E-state index is -4.83. The molecule has 394 valence electrons. The van der Waals surface area contributed by atoms with Gasteiger partial charge in [-0.3, -0.25) is 0 Å². The maximum absolute atomic E-state index is 14.5. The number of hydrogen-bond donors (Lipinski definition) is 0. The lowest BCUT2D eigenvalue weighted by Crippen LogP contribution is -2.07. The maximum Gasteiger partial charge on any atom is 0.416 e. The van der Waals surface area contributed by atoms with E-state index in [1.165, 1.54) is 30.3 Å². The second kappa shape index (κ2) is 20.9. The number of aromatic nitrogens is 2. The second-order valence-corrected chi connectivity index (χ2v) is 20.1. The lowest BCUT2D eigenvalue weighted by atomic mass is 9.95. The monoisotopic (exact) mass is 1110 g/mol. The second-order valence-electron chi connectivity index (χ2n) is 20.1. The standard InChI is InChI=1S/C71H29F3N12/c72-71(73,74)58-5-10-59(57(23-58)38-83)56-28-69(85-65-24-48(52-15-40(30-75)11-41(16-52)31-76)1-6-60(65)61-7-2-49(25-66(61)85)53-17-42(32-77)12-43(18-53)33-78)64(39-84)70(29-56)86-67-26-50(54-19-44(34-79)13-45(20-54)35-80)3-8-62(67)63-9-4-51(27-68(63)86)55-21-46(36-81)14-47(22-55)37-82/h1-29H. The maximum atomic E-state index is 14.5. The third kappa shape index (κ3) is 9.09. The summed E-state index contributed by atoms with van der Waals surface area (Å²) in [5, 5.41) is 106. The Labute approximate surface area is 487 Å². The Morgan fingerprint density at radius 2 is 0.558 bits per heavy atom. The predicted molar refractivity (Wildman–Crippen MR) is 314 cm³/mol. The molecule has 12 nitrogen and oxygen atoms in total. The third-order valence-corrected chi connectivity index (χ3v) is 15.1. The van der Waals surface area contributed by atoms with Crippen molar-refractivity contribution in [3.05, 3.63) is 237 Å². The lowest BCUT2D eigenvalue weighted by Gasteiger charge is -2.20. The van der Waals surface area contributed by atoms with Crippen molar-refractivity contribution in [3.8, 4) is 128 Å². The lowest BCUT2D eigenvalue weighted by molar-refractivity contribution is -0.137. The van der Waals surface area contributed by atoms with Gasteiger partial charge in [-0.15, -0.1) is 0 Å². The molecule has 0 amide bonds. The fraction of sp³-hybridized carbons (Fsp3) is 0.0141. The quantitative estimate of drug-likeness (QED) is 0.146. The average molecular weight is 1110 g/mol. The van der Waals surface area contributed by atoms with Crippen LogP contribution in [0.25, 0.3) is 111 Å². The molecular weight excluding hydrogens is 1080 g/mol. The van der Waals surface area contributed by atoms with Gasteiger partial charge in [0, 0.05) is 21.5 Å². The summed E-state index contributed by atoms with van der Waals surface area (Å²) in [6.07, 6.45) is -4.83. The van der Waals surface area contributed by atoms with Gasteiger partial charge in [-0.25, -0.2) is 0 Å². The Morgan fingerprint density at radius 1 is 0.267 bits per heavy atom. The number of halogens is 3. The van der Waals surface area contributed by atoms with Crippen molar-refractivity contribution >= 4 is 43.6 Å². The normalized spacial score (nSPS) is 10.8. The SMILES string of the molecule is N#Cc1cc(C#N)cc(-c2ccc3c4ccc(-c5cc(C#N)cc(C#N)c5)cc4n(-c4cc(-c5ccc(C(F)(F)F)cc5C#N)cc(-n5c6cc(-c7cc(C#N)cc(C#N)c7)ccc6c6ccc(-c7cc(C#N)cc(C#N)c7)cc65)c4C#N)c3c2)c1. The van der Waals surface area contributed by atoms with E-state index in [4.69, 9.17) is 0 Å². The molecule has 86 heavy (non-hydrogen) atoms. The van der Waals surface area contributed by atoms with Gasteiger partial charge in [0.05, 0.1) is 144 Å². The van der Waals surface area contributed by atoms with E-state index in [0.29, 0.717) is 88.1 Å². The minimum absolute atomic E-state index is 0.0105. The van der Waals surface area contributed by atoms with Crippen molar-refractivity contribution in [3.63, 3.8) is 0 Å². The Bertz CT molecular complexity index is 4800. The minimum Gasteiger partial charge on any atom is -0.308 e. The van der Waals surface area contributed by atoms with E-state index in [9.17, 15) is 65.8 Å². The Morgan fingerprint density at radius 3 is 0.802 bits per heavy atom. The van der Waals surface area contributed by atoms with Crippen molar-refractivity contribution in [1.82, 2.24) is 9.13 Å². The first-order chi connectivity index (χ1) is 41.7. The highest BCUT2D eigenvalue weighted by atomic mass is 19.4. The summed E-state index contributed by atoms with van der Waals surface area (Å²) < 4.78 is 47.2. The third-order valence-electron chi connectivity index (χ3n) is 15.1. The van der Waals surface area contributed by atoms with E-state index in [1.54, 1.807) is 60.7 Å². The van der Waals surface area contributed by atoms with Crippen LogP contribution >= 0.6 is 0 Å². The average Bonchev–Trinajstić information content (AvgIpc) is 1.84. The summed E-state index contributed by atoms with van der Waals surface area (Å²) in [7, 11) is 0. The zero-order chi connectivity index (χ0) is 60.1. The molecular formula is C71H29F3N12. The molecule has 0 saturated heterocycles. The summed E-state index contributed by atoms with van der Waals surface area (Å²) >= 11 is 0. The van der Waals surface area contributed by atoms with Gasteiger partial charge in [-0.1, -0.05) is 54.6 Å². The van der Waals surface area contributed by atoms with E-state index in [0.717, 1.165) is 12.1 Å². The van der Waals surface area contributed by atoms with E-state index in [1.807, 2.05) is 88.0 Å². The Balaban J connectivity index is 1.27. The van der Waals surface area contributed by atoms with Crippen LogP contribution in [-0.4, -0.2) is 9.13 Å². The molecule has 0 radical (unpaired) electrons. The van der Waals surface area contributed by atoms with Gasteiger partial charge in [-0.05, 0) is 177 Å². The van der Waals surface area contributed by atoms with Crippen molar-refractivity contribution < 1.29 is 13.2 Å². The highest BCUT2D eigenvalue weighted by Crippen LogP contribution is 2.45. The number of benzene rings is 10. The fourth-order valence-corrected chi connectivity index (χ4v) is 11.3. The number of alkyl halides is 3. The van der Waals surface area contributed by atoms with Crippen LogP contribution in [0.2, 0.25) is 0 Å². The van der Waals surface area contributed by atoms with Crippen LogP contribution in [0.4, 0.5) is 13.2 Å². The Hall–Kier alpha value is -13.5. The molecule has 2 heterocycles. The molecule has 0 spiro atoms. The van der Waals surface area contributed by atoms with E-state index in [-0.39, 0.29) is 78.1 Å². The molecule has 0 bridgehead atoms. The van der Waals surface area contributed by atoms with Crippen molar-refractivity contribution in [1.29, 1.82) is 52.6 Å². The first-order valence-electron chi connectivity index (χ1n) is 25.9. The van der Waals surface area contributed by atoms with E-state index in [2.05, 4.69) is 54.6 Å². The zero-order valence-corrected chi connectivity index (χ0v) is 44.2. The molecule has 2 aromatic heterocycles.